The summed E-state index contributed by atoms with van der Waals surface area (Å²) in [5.41, 5.74) is 2.90. The van der Waals surface area contributed by atoms with Crippen LogP contribution in [0, 0.1) is 21.4 Å². The van der Waals surface area contributed by atoms with Crippen LogP contribution in [-0.2, 0) is 6.54 Å². The molecule has 1 aliphatic rings. The van der Waals surface area contributed by atoms with E-state index in [1.807, 2.05) is 36.4 Å². The first kappa shape index (κ1) is 16.0. The summed E-state index contributed by atoms with van der Waals surface area (Å²) in [4.78, 5) is 14.9. The molecule has 0 saturated carbocycles. The Morgan fingerprint density at radius 2 is 1.71 bits per heavy atom. The van der Waals surface area contributed by atoms with E-state index >= 15 is 0 Å². The molecule has 2 aromatic carbocycles. The highest BCUT2D eigenvalue weighted by Crippen LogP contribution is 2.22. The summed E-state index contributed by atoms with van der Waals surface area (Å²) in [6, 6.07) is 16.7. The quantitative estimate of drug-likeness (QED) is 0.639. The number of non-ortho nitro benzene ring substituents is 1. The summed E-state index contributed by atoms with van der Waals surface area (Å²) >= 11 is 0. The second-order valence-electron chi connectivity index (χ2n) is 5.82. The van der Waals surface area contributed by atoms with E-state index in [0.29, 0.717) is 5.56 Å². The SMILES string of the molecule is N#Cc1ccccc1N1CCN(Cc2ccc([N+](=O)[O-])cc2)CC1. The van der Waals surface area contributed by atoms with E-state index in [1.54, 1.807) is 12.1 Å². The van der Waals surface area contributed by atoms with Crippen molar-refractivity contribution in [2.45, 2.75) is 6.54 Å². The van der Waals surface area contributed by atoms with Gasteiger partial charge >= 0.3 is 0 Å². The average molecular weight is 322 g/mol. The first-order valence-electron chi connectivity index (χ1n) is 7.87. The van der Waals surface area contributed by atoms with Gasteiger partial charge in [-0.2, -0.15) is 5.26 Å². The standard InChI is InChI=1S/C18H18N4O2/c19-13-16-3-1-2-4-18(16)21-11-9-20(10-12-21)14-15-5-7-17(8-6-15)22(23)24/h1-8H,9-12,14H2. The molecule has 1 heterocycles. The van der Waals surface area contributed by atoms with E-state index in [-0.39, 0.29) is 10.6 Å². The zero-order chi connectivity index (χ0) is 16.9. The maximum atomic E-state index is 10.7. The summed E-state index contributed by atoms with van der Waals surface area (Å²) in [5, 5.41) is 19.9. The topological polar surface area (TPSA) is 73.4 Å². The van der Waals surface area contributed by atoms with Crippen LogP contribution in [-0.4, -0.2) is 36.0 Å². The van der Waals surface area contributed by atoms with Crippen molar-refractivity contribution in [3.8, 4) is 6.07 Å². The molecule has 0 unspecified atom stereocenters. The zero-order valence-corrected chi connectivity index (χ0v) is 13.3. The third kappa shape index (κ3) is 3.53. The Hall–Kier alpha value is -2.91. The van der Waals surface area contributed by atoms with Gasteiger partial charge in [-0.1, -0.05) is 24.3 Å². The Morgan fingerprint density at radius 1 is 1.04 bits per heavy atom. The lowest BCUT2D eigenvalue weighted by Gasteiger charge is -2.36. The van der Waals surface area contributed by atoms with Crippen LogP contribution < -0.4 is 4.90 Å². The van der Waals surface area contributed by atoms with E-state index < -0.39 is 0 Å². The van der Waals surface area contributed by atoms with Gasteiger partial charge in [-0.05, 0) is 17.7 Å². The summed E-state index contributed by atoms with van der Waals surface area (Å²) in [6.07, 6.45) is 0. The molecule has 24 heavy (non-hydrogen) atoms. The number of nitro groups is 1. The summed E-state index contributed by atoms with van der Waals surface area (Å²) in [7, 11) is 0. The normalized spacial score (nSPS) is 15.0. The van der Waals surface area contributed by atoms with Crippen molar-refractivity contribution in [2.75, 3.05) is 31.1 Å². The lowest BCUT2D eigenvalue weighted by molar-refractivity contribution is -0.384. The van der Waals surface area contributed by atoms with Crippen molar-refractivity contribution in [3.05, 3.63) is 69.8 Å². The van der Waals surface area contributed by atoms with E-state index in [0.717, 1.165) is 44.0 Å². The smallest absolute Gasteiger partial charge is 0.269 e. The van der Waals surface area contributed by atoms with Crippen LogP contribution in [0.15, 0.2) is 48.5 Å². The molecule has 0 atom stereocenters. The van der Waals surface area contributed by atoms with E-state index in [2.05, 4.69) is 15.9 Å². The molecule has 3 rings (SSSR count). The van der Waals surface area contributed by atoms with Crippen LogP contribution in [0.3, 0.4) is 0 Å². The minimum Gasteiger partial charge on any atom is -0.368 e. The maximum Gasteiger partial charge on any atom is 0.269 e. The number of rotatable bonds is 4. The van der Waals surface area contributed by atoms with Gasteiger partial charge in [-0.25, -0.2) is 0 Å². The second kappa shape index (κ2) is 7.11. The molecule has 0 N–H and O–H groups in total. The first-order chi connectivity index (χ1) is 11.7. The van der Waals surface area contributed by atoms with Gasteiger partial charge in [-0.15, -0.1) is 0 Å². The van der Waals surface area contributed by atoms with E-state index in [9.17, 15) is 15.4 Å². The highest BCUT2D eigenvalue weighted by molar-refractivity contribution is 5.59. The van der Waals surface area contributed by atoms with Crippen LogP contribution in [0.4, 0.5) is 11.4 Å². The molecule has 6 heteroatoms. The van der Waals surface area contributed by atoms with Gasteiger partial charge < -0.3 is 4.90 Å². The third-order valence-electron chi connectivity index (χ3n) is 4.29. The Bertz CT molecular complexity index is 759. The van der Waals surface area contributed by atoms with Crippen LogP contribution >= 0.6 is 0 Å². The molecular formula is C18H18N4O2. The number of benzene rings is 2. The molecule has 0 amide bonds. The van der Waals surface area contributed by atoms with Gasteiger partial charge in [0.25, 0.3) is 5.69 Å². The minimum atomic E-state index is -0.380. The van der Waals surface area contributed by atoms with Gasteiger partial charge in [0.2, 0.25) is 0 Å². The predicted octanol–water partition coefficient (Wildman–Crippen LogP) is 2.79. The molecular weight excluding hydrogens is 304 g/mol. The molecule has 0 spiro atoms. The van der Waals surface area contributed by atoms with Crippen LogP contribution in [0.1, 0.15) is 11.1 Å². The lowest BCUT2D eigenvalue weighted by atomic mass is 10.1. The molecule has 0 bridgehead atoms. The van der Waals surface area contributed by atoms with Crippen molar-refractivity contribution in [1.82, 2.24) is 4.90 Å². The van der Waals surface area contributed by atoms with Crippen molar-refractivity contribution in [1.29, 1.82) is 5.26 Å². The van der Waals surface area contributed by atoms with Crippen LogP contribution in [0.5, 0.6) is 0 Å². The fourth-order valence-electron chi connectivity index (χ4n) is 2.97. The first-order valence-corrected chi connectivity index (χ1v) is 7.87. The molecule has 0 aliphatic carbocycles. The minimum absolute atomic E-state index is 0.122. The molecule has 0 radical (unpaired) electrons. The van der Waals surface area contributed by atoms with Crippen LogP contribution in [0.2, 0.25) is 0 Å². The van der Waals surface area contributed by atoms with Crippen molar-refractivity contribution >= 4 is 11.4 Å². The number of anilines is 1. The second-order valence-corrected chi connectivity index (χ2v) is 5.82. The molecule has 1 saturated heterocycles. The van der Waals surface area contributed by atoms with Crippen molar-refractivity contribution in [2.24, 2.45) is 0 Å². The summed E-state index contributed by atoms with van der Waals surface area (Å²) in [6.45, 7) is 4.32. The van der Waals surface area contributed by atoms with Crippen LogP contribution in [0.25, 0.3) is 0 Å². The number of nitro benzene ring substituents is 1. The molecule has 122 valence electrons. The van der Waals surface area contributed by atoms with E-state index in [4.69, 9.17) is 0 Å². The van der Waals surface area contributed by atoms with Gasteiger partial charge in [0.15, 0.2) is 0 Å². The summed E-state index contributed by atoms with van der Waals surface area (Å²) < 4.78 is 0. The summed E-state index contributed by atoms with van der Waals surface area (Å²) in [5.74, 6) is 0. The maximum absolute atomic E-state index is 10.7. The average Bonchev–Trinajstić information content (AvgIpc) is 2.63. The number of nitrogens with zero attached hydrogens (tertiary/aromatic N) is 4. The number of piperazine rings is 1. The molecule has 2 aromatic rings. The van der Waals surface area contributed by atoms with Gasteiger partial charge in [0.05, 0.1) is 16.2 Å². The fourth-order valence-corrected chi connectivity index (χ4v) is 2.97. The number of hydrogen-bond acceptors (Lipinski definition) is 5. The Kier molecular flexibility index (Phi) is 4.73. The Labute approximate surface area is 140 Å². The predicted molar refractivity (Wildman–Crippen MR) is 91.7 cm³/mol. The van der Waals surface area contributed by atoms with Gasteiger partial charge in [-0.3, -0.25) is 15.0 Å². The molecule has 1 aliphatic heterocycles. The molecule has 0 aromatic heterocycles. The van der Waals surface area contributed by atoms with Gasteiger partial charge in [0, 0.05) is 44.9 Å². The molecule has 6 nitrogen and oxygen atoms in total. The van der Waals surface area contributed by atoms with Crippen molar-refractivity contribution in [3.63, 3.8) is 0 Å². The van der Waals surface area contributed by atoms with Gasteiger partial charge in [0.1, 0.15) is 6.07 Å². The fraction of sp³-hybridized carbons (Fsp3) is 0.278. The zero-order valence-electron chi connectivity index (χ0n) is 13.3. The molecule has 1 fully saturated rings. The van der Waals surface area contributed by atoms with Crippen molar-refractivity contribution < 1.29 is 4.92 Å². The number of hydrogen-bond donors (Lipinski definition) is 0. The largest absolute Gasteiger partial charge is 0.368 e. The highest BCUT2D eigenvalue weighted by Gasteiger charge is 2.19. The Morgan fingerprint density at radius 3 is 2.33 bits per heavy atom. The number of nitriles is 1. The van der Waals surface area contributed by atoms with E-state index in [1.165, 1.54) is 0 Å². The monoisotopic (exact) mass is 322 g/mol. The highest BCUT2D eigenvalue weighted by atomic mass is 16.6. The number of para-hydroxylation sites is 1. The lowest BCUT2D eigenvalue weighted by Crippen LogP contribution is -2.46. The Balaban J connectivity index is 1.59. The third-order valence-corrected chi connectivity index (χ3v) is 4.29.